The van der Waals surface area contributed by atoms with Crippen LogP contribution in [0.1, 0.15) is 97.1 Å². The minimum Gasteiger partial charge on any atom is -0.351 e. The van der Waals surface area contributed by atoms with Gasteiger partial charge < -0.3 is 10.2 Å². The number of carbonyl (C=O) groups is 2. The van der Waals surface area contributed by atoms with Crippen LogP contribution in [0.4, 0.5) is 0 Å². The Hall–Kier alpha value is -2.21. The number of amides is 2. The SMILES string of the molecule is CCCCCc1ccc(C(=O)N(CCCC)Cc2nc(C(=O)NCCCC)cs2)cc1. The highest BCUT2D eigenvalue weighted by atomic mass is 32.1. The van der Waals surface area contributed by atoms with Crippen LogP contribution in [-0.4, -0.2) is 34.8 Å². The average Bonchev–Trinajstić information content (AvgIpc) is 3.25. The van der Waals surface area contributed by atoms with Crippen molar-refractivity contribution in [2.75, 3.05) is 13.1 Å². The number of unbranched alkanes of at least 4 members (excludes halogenated alkanes) is 4. The van der Waals surface area contributed by atoms with Crippen molar-refractivity contribution in [1.82, 2.24) is 15.2 Å². The summed E-state index contributed by atoms with van der Waals surface area (Å²) in [5.41, 5.74) is 2.43. The van der Waals surface area contributed by atoms with E-state index in [1.54, 1.807) is 5.38 Å². The second-order valence-electron chi connectivity index (χ2n) is 7.97. The zero-order valence-corrected chi connectivity index (χ0v) is 20.1. The van der Waals surface area contributed by atoms with Crippen LogP contribution in [0.15, 0.2) is 29.6 Å². The van der Waals surface area contributed by atoms with Crippen LogP contribution in [0.3, 0.4) is 0 Å². The maximum atomic E-state index is 13.2. The highest BCUT2D eigenvalue weighted by Crippen LogP contribution is 2.17. The topological polar surface area (TPSA) is 62.3 Å². The molecular weight excluding hydrogens is 406 g/mol. The van der Waals surface area contributed by atoms with Gasteiger partial charge in [0, 0.05) is 24.0 Å². The van der Waals surface area contributed by atoms with Crippen LogP contribution in [0, 0.1) is 0 Å². The van der Waals surface area contributed by atoms with Crippen LogP contribution in [0.2, 0.25) is 0 Å². The maximum absolute atomic E-state index is 13.2. The molecule has 2 amide bonds. The molecule has 1 aromatic heterocycles. The van der Waals surface area contributed by atoms with Gasteiger partial charge in [0.1, 0.15) is 10.7 Å². The Labute approximate surface area is 191 Å². The summed E-state index contributed by atoms with van der Waals surface area (Å²) in [6.07, 6.45) is 8.64. The van der Waals surface area contributed by atoms with Gasteiger partial charge in [0.25, 0.3) is 11.8 Å². The molecule has 0 atom stereocenters. The molecule has 0 aliphatic rings. The Morgan fingerprint density at radius 3 is 2.35 bits per heavy atom. The normalized spacial score (nSPS) is 10.8. The third-order valence-electron chi connectivity index (χ3n) is 5.27. The van der Waals surface area contributed by atoms with Crippen molar-refractivity contribution in [3.05, 3.63) is 51.5 Å². The lowest BCUT2D eigenvalue weighted by molar-refractivity contribution is 0.0740. The third-order valence-corrected chi connectivity index (χ3v) is 6.10. The zero-order valence-electron chi connectivity index (χ0n) is 19.3. The Balaban J connectivity index is 2.02. The van der Waals surface area contributed by atoms with E-state index in [4.69, 9.17) is 0 Å². The summed E-state index contributed by atoms with van der Waals surface area (Å²) in [5.74, 6) is -0.112. The molecule has 2 aromatic rings. The Bertz CT molecular complexity index is 801. The van der Waals surface area contributed by atoms with Crippen molar-refractivity contribution in [2.24, 2.45) is 0 Å². The van der Waals surface area contributed by atoms with Crippen LogP contribution in [-0.2, 0) is 13.0 Å². The Morgan fingerprint density at radius 2 is 1.68 bits per heavy atom. The summed E-state index contributed by atoms with van der Waals surface area (Å²) in [6, 6.07) is 8.03. The molecule has 1 aromatic carbocycles. The molecule has 170 valence electrons. The molecule has 0 saturated carbocycles. The number of benzene rings is 1. The van der Waals surface area contributed by atoms with Gasteiger partial charge in [-0.15, -0.1) is 11.3 Å². The summed E-state index contributed by atoms with van der Waals surface area (Å²) in [4.78, 5) is 31.7. The standard InChI is InChI=1S/C25H37N3O2S/c1-4-7-10-11-20-12-14-21(15-13-20)25(30)28(17-9-6-3)18-23-27-22(19-31-23)24(29)26-16-8-5-2/h12-15,19H,4-11,16-18H2,1-3H3,(H,26,29). The van der Waals surface area contributed by atoms with Crippen molar-refractivity contribution >= 4 is 23.2 Å². The number of rotatable bonds is 14. The van der Waals surface area contributed by atoms with Crippen molar-refractivity contribution in [2.45, 2.75) is 78.7 Å². The van der Waals surface area contributed by atoms with E-state index in [-0.39, 0.29) is 11.8 Å². The number of thiazole rings is 1. The molecule has 0 unspecified atom stereocenters. The van der Waals surface area contributed by atoms with Crippen molar-refractivity contribution in [1.29, 1.82) is 0 Å². The van der Waals surface area contributed by atoms with E-state index in [0.29, 0.717) is 30.9 Å². The number of aryl methyl sites for hydroxylation is 1. The second kappa shape index (κ2) is 14.0. The zero-order chi connectivity index (χ0) is 22.5. The molecule has 0 radical (unpaired) electrons. The molecule has 0 saturated heterocycles. The predicted molar refractivity (Wildman–Crippen MR) is 129 cm³/mol. The van der Waals surface area contributed by atoms with Gasteiger partial charge in [0.05, 0.1) is 6.54 Å². The molecule has 0 fully saturated rings. The monoisotopic (exact) mass is 443 g/mol. The van der Waals surface area contributed by atoms with E-state index in [1.807, 2.05) is 17.0 Å². The fourth-order valence-corrected chi connectivity index (χ4v) is 4.09. The summed E-state index contributed by atoms with van der Waals surface area (Å²) in [5, 5.41) is 5.47. The number of aromatic nitrogens is 1. The first-order valence-electron chi connectivity index (χ1n) is 11.7. The average molecular weight is 444 g/mol. The fourth-order valence-electron chi connectivity index (χ4n) is 3.30. The van der Waals surface area contributed by atoms with E-state index in [9.17, 15) is 9.59 Å². The summed E-state index contributed by atoms with van der Waals surface area (Å²) in [7, 11) is 0. The van der Waals surface area contributed by atoms with Gasteiger partial charge in [0.2, 0.25) is 0 Å². The molecule has 5 nitrogen and oxygen atoms in total. The molecule has 0 aliphatic heterocycles. The van der Waals surface area contributed by atoms with Gasteiger partial charge in [-0.2, -0.15) is 0 Å². The quantitative estimate of drug-likeness (QED) is 0.373. The third kappa shape index (κ3) is 8.44. The lowest BCUT2D eigenvalue weighted by Crippen LogP contribution is -2.31. The van der Waals surface area contributed by atoms with Gasteiger partial charge in [-0.3, -0.25) is 9.59 Å². The molecular formula is C25H37N3O2S. The lowest BCUT2D eigenvalue weighted by atomic mass is 10.0. The first-order chi connectivity index (χ1) is 15.1. The largest absolute Gasteiger partial charge is 0.351 e. The van der Waals surface area contributed by atoms with Gasteiger partial charge in [0.15, 0.2) is 0 Å². The molecule has 31 heavy (non-hydrogen) atoms. The van der Waals surface area contributed by atoms with Crippen LogP contribution < -0.4 is 5.32 Å². The minimum absolute atomic E-state index is 0.0257. The van der Waals surface area contributed by atoms with Crippen molar-refractivity contribution in [3.8, 4) is 0 Å². The highest BCUT2D eigenvalue weighted by molar-refractivity contribution is 7.09. The van der Waals surface area contributed by atoms with Gasteiger partial charge in [-0.1, -0.05) is 58.6 Å². The van der Waals surface area contributed by atoms with Crippen LogP contribution in [0.5, 0.6) is 0 Å². The Morgan fingerprint density at radius 1 is 0.968 bits per heavy atom. The van der Waals surface area contributed by atoms with Gasteiger partial charge in [-0.25, -0.2) is 4.98 Å². The summed E-state index contributed by atoms with van der Waals surface area (Å²) < 4.78 is 0. The predicted octanol–water partition coefficient (Wildman–Crippen LogP) is 5.85. The number of carbonyl (C=O) groups excluding carboxylic acids is 2. The minimum atomic E-state index is -0.138. The summed E-state index contributed by atoms with van der Waals surface area (Å²) in [6.45, 7) is 8.20. The smallest absolute Gasteiger partial charge is 0.270 e. The van der Waals surface area contributed by atoms with Gasteiger partial charge in [-0.05, 0) is 43.4 Å². The highest BCUT2D eigenvalue weighted by Gasteiger charge is 2.18. The van der Waals surface area contributed by atoms with E-state index in [2.05, 4.69) is 43.2 Å². The molecule has 1 N–H and O–H groups in total. The van der Waals surface area contributed by atoms with E-state index < -0.39 is 0 Å². The number of nitrogens with zero attached hydrogens (tertiary/aromatic N) is 2. The molecule has 0 bridgehead atoms. The summed E-state index contributed by atoms with van der Waals surface area (Å²) >= 11 is 1.44. The Kier molecular flexibility index (Phi) is 11.3. The maximum Gasteiger partial charge on any atom is 0.270 e. The van der Waals surface area contributed by atoms with Gasteiger partial charge >= 0.3 is 0 Å². The fraction of sp³-hybridized carbons (Fsp3) is 0.560. The lowest BCUT2D eigenvalue weighted by Gasteiger charge is -2.21. The molecule has 1 heterocycles. The van der Waals surface area contributed by atoms with Crippen molar-refractivity contribution < 1.29 is 9.59 Å². The van der Waals surface area contributed by atoms with Crippen LogP contribution in [0.25, 0.3) is 0 Å². The van der Waals surface area contributed by atoms with E-state index in [1.165, 1.54) is 36.2 Å². The number of hydrogen-bond donors (Lipinski definition) is 1. The molecule has 2 rings (SSSR count). The second-order valence-corrected chi connectivity index (χ2v) is 8.91. The van der Waals surface area contributed by atoms with E-state index >= 15 is 0 Å². The first-order valence-corrected chi connectivity index (χ1v) is 12.6. The first kappa shape index (κ1) is 25.1. The molecule has 0 aliphatic carbocycles. The van der Waals surface area contributed by atoms with Crippen molar-refractivity contribution in [3.63, 3.8) is 0 Å². The van der Waals surface area contributed by atoms with E-state index in [0.717, 1.165) is 37.1 Å². The number of hydrogen-bond acceptors (Lipinski definition) is 4. The molecule has 0 spiro atoms. The number of nitrogens with one attached hydrogen (secondary N) is 1. The van der Waals surface area contributed by atoms with Crippen LogP contribution >= 0.6 is 11.3 Å². The molecule has 6 heteroatoms.